The fraction of sp³-hybridized carbons (Fsp3) is 0.345. The van der Waals surface area contributed by atoms with Gasteiger partial charge in [-0.25, -0.2) is 16.8 Å². The van der Waals surface area contributed by atoms with Crippen LogP contribution in [0.1, 0.15) is 29.8 Å². The molecule has 1 aliphatic rings. The van der Waals surface area contributed by atoms with Crippen LogP contribution in [0, 0.1) is 12.8 Å². The van der Waals surface area contributed by atoms with Crippen LogP contribution in [0.3, 0.4) is 0 Å². The summed E-state index contributed by atoms with van der Waals surface area (Å²) in [6.45, 7) is 5.15. The molecule has 0 bridgehead atoms. The highest BCUT2D eigenvalue weighted by atomic mass is 35.5. The van der Waals surface area contributed by atoms with Crippen molar-refractivity contribution in [3.8, 4) is 5.75 Å². The molecule has 0 aliphatic carbocycles. The largest absolute Gasteiger partial charge is 0.486 e. The zero-order valence-electron chi connectivity index (χ0n) is 23.7. The molecule has 1 aliphatic heterocycles. The number of anilines is 1. The second-order valence-electron chi connectivity index (χ2n) is 10.5. The Morgan fingerprint density at radius 3 is 2.29 bits per heavy atom. The molecule has 0 fully saturated rings. The summed E-state index contributed by atoms with van der Waals surface area (Å²) >= 11 is 5.92. The average Bonchev–Trinajstić information content (AvgIpc) is 2.95. The number of carbonyl (C=O) groups is 1. The van der Waals surface area contributed by atoms with Crippen LogP contribution in [0.25, 0.3) is 0 Å². The summed E-state index contributed by atoms with van der Waals surface area (Å²) in [5.41, 5.74) is 1.00. The number of para-hydroxylation sites is 1. The third kappa shape index (κ3) is 6.73. The predicted molar refractivity (Wildman–Crippen MR) is 161 cm³/mol. The molecule has 1 heterocycles. The number of hydrogen-bond acceptors (Lipinski definition) is 7. The van der Waals surface area contributed by atoms with Crippen LogP contribution in [0.5, 0.6) is 5.75 Å². The number of halogens is 1. The van der Waals surface area contributed by atoms with Gasteiger partial charge in [0.15, 0.2) is 5.75 Å². The van der Waals surface area contributed by atoms with E-state index in [0.29, 0.717) is 5.02 Å². The van der Waals surface area contributed by atoms with Gasteiger partial charge in [0.25, 0.3) is 15.9 Å². The quantitative estimate of drug-likeness (QED) is 0.363. The lowest BCUT2D eigenvalue weighted by Gasteiger charge is -2.38. The summed E-state index contributed by atoms with van der Waals surface area (Å²) in [5.74, 6) is -0.898. The number of carbonyl (C=O) groups excluding carboxylic acids is 1. The normalized spacial score (nSPS) is 18.5. The molecule has 1 amide bonds. The Kier molecular flexibility index (Phi) is 9.53. The van der Waals surface area contributed by atoms with Gasteiger partial charge in [0.2, 0.25) is 10.0 Å². The van der Waals surface area contributed by atoms with Gasteiger partial charge in [-0.2, -0.15) is 4.31 Å². The Bertz CT molecular complexity index is 1650. The van der Waals surface area contributed by atoms with E-state index in [2.05, 4.69) is 4.72 Å². The van der Waals surface area contributed by atoms with Gasteiger partial charge < -0.3 is 14.7 Å². The fourth-order valence-corrected chi connectivity index (χ4v) is 6.97. The SMILES string of the molecule is Cc1ccc(S(=O)(=O)N(C)C[C@@H]2Oc3c(NS(=O)(=O)c4ccc(Cl)cc4)cccc3C(=O)N([C@@H](C)CO)C[C@@H]2C)cc1. The van der Waals surface area contributed by atoms with Crippen molar-refractivity contribution in [1.29, 1.82) is 0 Å². The molecule has 4 rings (SSSR count). The molecular weight excluding hydrogens is 602 g/mol. The maximum Gasteiger partial charge on any atom is 0.262 e. The van der Waals surface area contributed by atoms with Crippen LogP contribution in [0.4, 0.5) is 5.69 Å². The van der Waals surface area contributed by atoms with Gasteiger partial charge in [-0.05, 0) is 62.4 Å². The first kappa shape index (κ1) is 31.8. The summed E-state index contributed by atoms with van der Waals surface area (Å²) in [6, 6.07) is 16.0. The van der Waals surface area contributed by atoms with E-state index < -0.39 is 44.0 Å². The minimum atomic E-state index is -4.11. The predicted octanol–water partition coefficient (Wildman–Crippen LogP) is 3.99. The first-order valence-electron chi connectivity index (χ1n) is 13.3. The number of ether oxygens (including phenoxy) is 1. The number of likely N-dealkylation sites (N-methyl/N-ethyl adjacent to an activating group) is 1. The summed E-state index contributed by atoms with van der Waals surface area (Å²) in [7, 11) is -6.56. The molecule has 0 unspecified atom stereocenters. The fourth-order valence-electron chi connectivity index (χ4n) is 4.60. The van der Waals surface area contributed by atoms with Gasteiger partial charge >= 0.3 is 0 Å². The van der Waals surface area contributed by atoms with Gasteiger partial charge in [0.05, 0.1) is 40.2 Å². The number of aryl methyl sites for hydroxylation is 1. The summed E-state index contributed by atoms with van der Waals surface area (Å²) in [5, 5.41) is 10.3. The van der Waals surface area contributed by atoms with Crippen molar-refractivity contribution in [3.63, 3.8) is 0 Å². The monoisotopic (exact) mass is 635 g/mol. The number of fused-ring (bicyclic) bond motifs is 1. The van der Waals surface area contributed by atoms with Crippen molar-refractivity contribution in [1.82, 2.24) is 9.21 Å². The third-order valence-corrected chi connectivity index (χ3v) is 10.7. The number of sulfonamides is 2. The van der Waals surface area contributed by atoms with E-state index in [1.165, 1.54) is 70.9 Å². The molecule has 10 nitrogen and oxygen atoms in total. The zero-order valence-corrected chi connectivity index (χ0v) is 26.1. The number of hydrogen-bond donors (Lipinski definition) is 2. The minimum Gasteiger partial charge on any atom is -0.486 e. The molecule has 0 spiro atoms. The van der Waals surface area contributed by atoms with Crippen LogP contribution in [0.2, 0.25) is 5.02 Å². The number of nitrogens with one attached hydrogen (secondary N) is 1. The lowest BCUT2D eigenvalue weighted by molar-refractivity contribution is 0.0389. The summed E-state index contributed by atoms with van der Waals surface area (Å²) < 4.78 is 63.4. The lowest BCUT2D eigenvalue weighted by Crippen LogP contribution is -2.50. The highest BCUT2D eigenvalue weighted by Gasteiger charge is 2.36. The second-order valence-corrected chi connectivity index (χ2v) is 14.6. The molecule has 42 heavy (non-hydrogen) atoms. The lowest BCUT2D eigenvalue weighted by atomic mass is 9.99. The molecule has 13 heteroatoms. The van der Waals surface area contributed by atoms with E-state index in [1.54, 1.807) is 19.1 Å². The number of amides is 1. The van der Waals surface area contributed by atoms with Gasteiger partial charge in [-0.1, -0.05) is 42.3 Å². The number of aliphatic hydroxyl groups excluding tert-OH is 1. The first-order valence-corrected chi connectivity index (χ1v) is 16.6. The topological polar surface area (TPSA) is 133 Å². The molecule has 0 aromatic heterocycles. The molecule has 0 radical (unpaired) electrons. The Morgan fingerprint density at radius 2 is 1.67 bits per heavy atom. The first-order chi connectivity index (χ1) is 19.7. The standard InChI is InChI=1S/C29H34ClN3O7S2/c1-19-8-12-24(13-9-19)42(38,39)32(4)17-27-20(2)16-33(21(3)18-34)29(35)25-6-5-7-26(28(25)40-27)31-41(36,37)23-14-10-22(30)11-15-23/h5-15,20-21,27,31,34H,16-18H2,1-4H3/t20-,21-,27-/m0/s1. The molecule has 3 aromatic rings. The van der Waals surface area contributed by atoms with Crippen LogP contribution >= 0.6 is 11.6 Å². The minimum absolute atomic E-state index is 0.00977. The van der Waals surface area contributed by atoms with Gasteiger partial charge in [-0.3, -0.25) is 9.52 Å². The van der Waals surface area contributed by atoms with Crippen LogP contribution < -0.4 is 9.46 Å². The average molecular weight is 636 g/mol. The molecule has 226 valence electrons. The van der Waals surface area contributed by atoms with E-state index in [1.807, 2.05) is 13.8 Å². The molecule has 2 N–H and O–H groups in total. The maximum atomic E-state index is 13.7. The van der Waals surface area contributed by atoms with Gasteiger partial charge in [0.1, 0.15) is 6.10 Å². The van der Waals surface area contributed by atoms with Gasteiger partial charge in [-0.15, -0.1) is 0 Å². The van der Waals surface area contributed by atoms with Crippen molar-refractivity contribution < 1.29 is 31.5 Å². The van der Waals surface area contributed by atoms with E-state index >= 15 is 0 Å². The van der Waals surface area contributed by atoms with Gasteiger partial charge in [0, 0.05) is 24.5 Å². The summed E-state index contributed by atoms with van der Waals surface area (Å²) in [4.78, 5) is 15.3. The van der Waals surface area contributed by atoms with Crippen molar-refractivity contribution in [2.75, 3.05) is 31.5 Å². The number of benzene rings is 3. The Hall–Kier alpha value is -3.16. The molecule has 0 saturated carbocycles. The van der Waals surface area contributed by atoms with Crippen molar-refractivity contribution in [3.05, 3.63) is 82.9 Å². The summed E-state index contributed by atoms with van der Waals surface area (Å²) in [6.07, 6.45) is -0.795. The maximum absolute atomic E-state index is 13.7. The smallest absolute Gasteiger partial charge is 0.262 e. The van der Waals surface area contributed by atoms with Crippen molar-refractivity contribution in [2.45, 2.75) is 42.7 Å². The van der Waals surface area contributed by atoms with Crippen molar-refractivity contribution >= 4 is 43.2 Å². The van der Waals surface area contributed by atoms with Crippen molar-refractivity contribution in [2.24, 2.45) is 5.92 Å². The number of aliphatic hydroxyl groups is 1. The van der Waals surface area contributed by atoms with Crippen LogP contribution in [-0.4, -0.2) is 75.9 Å². The second kappa shape index (κ2) is 12.6. The molecule has 0 saturated heterocycles. The van der Waals surface area contributed by atoms with E-state index in [0.717, 1.165) is 5.56 Å². The number of nitrogens with zero attached hydrogens (tertiary/aromatic N) is 2. The Morgan fingerprint density at radius 1 is 1.05 bits per heavy atom. The highest BCUT2D eigenvalue weighted by molar-refractivity contribution is 7.92. The highest BCUT2D eigenvalue weighted by Crippen LogP contribution is 2.36. The molecular formula is C29H34ClN3O7S2. The molecule has 3 aromatic carbocycles. The van der Waals surface area contributed by atoms with E-state index in [9.17, 15) is 26.7 Å². The van der Waals surface area contributed by atoms with Crippen LogP contribution in [0.15, 0.2) is 76.5 Å². The zero-order chi connectivity index (χ0) is 30.8. The van der Waals surface area contributed by atoms with Crippen LogP contribution in [-0.2, 0) is 20.0 Å². The molecule has 3 atom stereocenters. The Balaban J connectivity index is 1.76. The Labute approximate surface area is 252 Å². The number of rotatable bonds is 9. The van der Waals surface area contributed by atoms with E-state index in [4.69, 9.17) is 16.3 Å². The van der Waals surface area contributed by atoms with E-state index in [-0.39, 0.29) is 46.5 Å². The third-order valence-electron chi connectivity index (χ3n) is 7.23.